The molecule has 0 spiro atoms. The summed E-state index contributed by atoms with van der Waals surface area (Å²) >= 11 is 0. The molecule has 3 aliphatic rings. The highest BCUT2D eigenvalue weighted by molar-refractivity contribution is 5.99. The summed E-state index contributed by atoms with van der Waals surface area (Å²) in [4.78, 5) is 19.8. The fourth-order valence-corrected chi connectivity index (χ4v) is 5.77. The minimum atomic E-state index is -0.198. The van der Waals surface area contributed by atoms with Gasteiger partial charge >= 0.3 is 0 Å². The Labute approximate surface area is 201 Å². The number of carbonyl (C=O) groups excluding carboxylic acids is 1. The van der Waals surface area contributed by atoms with Crippen molar-refractivity contribution >= 4 is 11.7 Å². The first-order valence-electron chi connectivity index (χ1n) is 12.6. The molecule has 1 amide bonds. The number of ether oxygens (including phenoxy) is 1. The maximum absolute atomic E-state index is 12.9. The van der Waals surface area contributed by atoms with Gasteiger partial charge in [0.2, 0.25) is 0 Å². The van der Waals surface area contributed by atoms with Gasteiger partial charge in [0.1, 0.15) is 5.82 Å². The summed E-state index contributed by atoms with van der Waals surface area (Å²) in [5.41, 5.74) is 9.74. The van der Waals surface area contributed by atoms with E-state index in [0.29, 0.717) is 17.5 Å². The number of nitrogen functional groups attached to an aromatic ring is 1. The smallest absolute Gasteiger partial charge is 0.255 e. The molecule has 1 aliphatic carbocycles. The molecule has 3 fully saturated rings. The molecular weight excluding hydrogens is 428 g/mol. The summed E-state index contributed by atoms with van der Waals surface area (Å²) in [6, 6.07) is 11.3. The molecule has 4 atom stereocenters. The molecule has 34 heavy (non-hydrogen) atoms. The zero-order valence-corrected chi connectivity index (χ0v) is 20.0. The quantitative estimate of drug-likeness (QED) is 0.608. The lowest BCUT2D eigenvalue weighted by atomic mass is 9.70. The van der Waals surface area contributed by atoms with Crippen LogP contribution in [0, 0.1) is 11.8 Å². The van der Waals surface area contributed by atoms with Gasteiger partial charge in [0, 0.05) is 50.2 Å². The lowest BCUT2D eigenvalue weighted by molar-refractivity contribution is 0.0419. The van der Waals surface area contributed by atoms with Crippen LogP contribution >= 0.6 is 0 Å². The number of aliphatic hydroxyl groups excluding tert-OH is 1. The number of hydrogen-bond acceptors (Lipinski definition) is 6. The van der Waals surface area contributed by atoms with Crippen LogP contribution in [0.25, 0.3) is 11.1 Å². The highest BCUT2D eigenvalue weighted by atomic mass is 16.5. The maximum Gasteiger partial charge on any atom is 0.255 e. The van der Waals surface area contributed by atoms with Crippen LogP contribution in [-0.2, 0) is 4.74 Å². The molecule has 1 saturated carbocycles. The number of nitrogens with zero attached hydrogens (tertiary/aromatic N) is 2. The zero-order valence-electron chi connectivity index (χ0n) is 20.0. The number of nitrogens with one attached hydrogen (secondary N) is 1. The summed E-state index contributed by atoms with van der Waals surface area (Å²) in [7, 11) is 0. The molecule has 5 rings (SSSR count). The van der Waals surface area contributed by atoms with Crippen LogP contribution in [0.4, 0.5) is 5.82 Å². The van der Waals surface area contributed by atoms with Crippen molar-refractivity contribution in [1.82, 2.24) is 15.2 Å². The Bertz CT molecular complexity index is 1010. The van der Waals surface area contributed by atoms with Gasteiger partial charge in [-0.1, -0.05) is 31.2 Å². The molecule has 7 heteroatoms. The summed E-state index contributed by atoms with van der Waals surface area (Å²) in [5.74, 6) is 1.12. The van der Waals surface area contributed by atoms with Gasteiger partial charge in [0.25, 0.3) is 5.91 Å². The Hall–Kier alpha value is -2.48. The number of likely N-dealkylation sites (tertiary alicyclic amines) is 1. The van der Waals surface area contributed by atoms with E-state index in [1.165, 1.54) is 12.0 Å². The van der Waals surface area contributed by atoms with Gasteiger partial charge in [-0.15, -0.1) is 0 Å². The summed E-state index contributed by atoms with van der Waals surface area (Å²) < 4.78 is 5.52. The average Bonchev–Trinajstić information content (AvgIpc) is 3.37. The van der Waals surface area contributed by atoms with Crippen molar-refractivity contribution in [2.75, 3.05) is 38.6 Å². The van der Waals surface area contributed by atoms with E-state index in [-0.39, 0.29) is 36.2 Å². The first kappa shape index (κ1) is 23.3. The number of carbonyl (C=O) groups is 1. The second-order valence-corrected chi connectivity index (χ2v) is 10.2. The number of nitrogens with two attached hydrogens (primary N) is 1. The zero-order chi connectivity index (χ0) is 23.7. The number of pyridine rings is 1. The standard InChI is InChI=1S/C27H36N4O3/c1-17-22(16-32)13-25(17)30-27(33)24-12-21(14-29-26(24)28)19-4-2-18(3-5-19)20-6-9-31(15-20)23-7-10-34-11-8-23/h2-5,12,14,17,20,22-23,25,32H,6-11,13,15-16H2,1H3,(H2,28,29)(H,30,33). The van der Waals surface area contributed by atoms with Crippen LogP contribution in [-0.4, -0.2) is 65.9 Å². The Morgan fingerprint density at radius 1 is 1.21 bits per heavy atom. The van der Waals surface area contributed by atoms with Crippen molar-refractivity contribution in [2.45, 2.75) is 50.6 Å². The van der Waals surface area contributed by atoms with E-state index in [9.17, 15) is 9.90 Å². The molecule has 4 unspecified atom stereocenters. The van der Waals surface area contributed by atoms with Gasteiger partial charge < -0.3 is 20.9 Å². The predicted molar refractivity (Wildman–Crippen MR) is 132 cm³/mol. The van der Waals surface area contributed by atoms with E-state index in [0.717, 1.165) is 56.7 Å². The first-order valence-corrected chi connectivity index (χ1v) is 12.6. The molecular formula is C27H36N4O3. The minimum absolute atomic E-state index is 0.0686. The van der Waals surface area contributed by atoms with Gasteiger partial charge in [-0.25, -0.2) is 4.98 Å². The van der Waals surface area contributed by atoms with Crippen LogP contribution in [0.2, 0.25) is 0 Å². The molecule has 7 nitrogen and oxygen atoms in total. The summed E-state index contributed by atoms with van der Waals surface area (Å²) in [5, 5.41) is 12.4. The molecule has 2 aromatic rings. The van der Waals surface area contributed by atoms with E-state index in [2.05, 4.69) is 46.4 Å². The average molecular weight is 465 g/mol. The minimum Gasteiger partial charge on any atom is -0.396 e. The lowest BCUT2D eigenvalue weighted by Gasteiger charge is -2.42. The molecule has 0 bridgehead atoms. The van der Waals surface area contributed by atoms with Crippen molar-refractivity contribution in [3.63, 3.8) is 0 Å². The summed E-state index contributed by atoms with van der Waals surface area (Å²) in [6.07, 6.45) is 6.02. The van der Waals surface area contributed by atoms with Crippen LogP contribution in [0.15, 0.2) is 36.5 Å². The van der Waals surface area contributed by atoms with Gasteiger partial charge in [-0.3, -0.25) is 9.69 Å². The van der Waals surface area contributed by atoms with E-state index in [4.69, 9.17) is 10.5 Å². The van der Waals surface area contributed by atoms with Crippen LogP contribution in [0.5, 0.6) is 0 Å². The molecule has 3 heterocycles. The fraction of sp³-hybridized carbons (Fsp3) is 0.556. The summed E-state index contributed by atoms with van der Waals surface area (Å²) in [6.45, 7) is 6.28. The Kier molecular flexibility index (Phi) is 6.86. The number of amides is 1. The second kappa shape index (κ2) is 10.0. The SMILES string of the molecule is CC1C(CO)CC1NC(=O)c1cc(-c2ccc(C3CCN(C4CCOCC4)C3)cc2)cnc1N. The second-order valence-electron chi connectivity index (χ2n) is 10.2. The molecule has 4 N–H and O–H groups in total. The highest BCUT2D eigenvalue weighted by Gasteiger charge is 2.38. The van der Waals surface area contributed by atoms with Gasteiger partial charge in [0.05, 0.1) is 5.56 Å². The number of aliphatic hydroxyl groups is 1. The molecule has 1 aromatic carbocycles. The van der Waals surface area contributed by atoms with Crippen LogP contribution in [0.1, 0.15) is 54.4 Å². The third kappa shape index (κ3) is 4.69. The van der Waals surface area contributed by atoms with E-state index < -0.39 is 0 Å². The number of rotatable bonds is 6. The molecule has 182 valence electrons. The molecule has 0 radical (unpaired) electrons. The van der Waals surface area contributed by atoms with Crippen molar-refractivity contribution < 1.29 is 14.6 Å². The third-order valence-electron chi connectivity index (χ3n) is 8.29. The van der Waals surface area contributed by atoms with Crippen molar-refractivity contribution in [1.29, 1.82) is 0 Å². The molecule has 2 aliphatic heterocycles. The maximum atomic E-state index is 12.9. The van der Waals surface area contributed by atoms with E-state index in [1.54, 1.807) is 6.20 Å². The lowest BCUT2D eigenvalue weighted by Crippen LogP contribution is -2.52. The topological polar surface area (TPSA) is 101 Å². The first-order chi connectivity index (χ1) is 16.5. The predicted octanol–water partition coefficient (Wildman–Crippen LogP) is 3.05. The van der Waals surface area contributed by atoms with Gasteiger partial charge in [-0.05, 0) is 67.2 Å². The Morgan fingerprint density at radius 2 is 1.97 bits per heavy atom. The number of aromatic nitrogens is 1. The Morgan fingerprint density at radius 3 is 2.68 bits per heavy atom. The normalized spacial score (nSPS) is 27.9. The van der Waals surface area contributed by atoms with Gasteiger partial charge in [0.15, 0.2) is 0 Å². The third-order valence-corrected chi connectivity index (χ3v) is 8.29. The van der Waals surface area contributed by atoms with Gasteiger partial charge in [-0.2, -0.15) is 0 Å². The van der Waals surface area contributed by atoms with E-state index in [1.807, 2.05) is 6.07 Å². The van der Waals surface area contributed by atoms with Crippen molar-refractivity contribution in [3.05, 3.63) is 47.7 Å². The van der Waals surface area contributed by atoms with Crippen molar-refractivity contribution in [3.8, 4) is 11.1 Å². The van der Waals surface area contributed by atoms with E-state index >= 15 is 0 Å². The number of hydrogen-bond donors (Lipinski definition) is 3. The van der Waals surface area contributed by atoms with Crippen LogP contribution in [0.3, 0.4) is 0 Å². The largest absolute Gasteiger partial charge is 0.396 e. The number of anilines is 1. The fourth-order valence-electron chi connectivity index (χ4n) is 5.77. The highest BCUT2D eigenvalue weighted by Crippen LogP contribution is 2.35. The Balaban J connectivity index is 1.24. The monoisotopic (exact) mass is 464 g/mol. The molecule has 1 aromatic heterocycles. The molecule has 2 saturated heterocycles. The van der Waals surface area contributed by atoms with Crippen molar-refractivity contribution in [2.24, 2.45) is 11.8 Å². The van der Waals surface area contributed by atoms with Crippen LogP contribution < -0.4 is 11.1 Å². The number of benzene rings is 1.